The number of carbonyl (C=O) groups excluding carboxylic acids is 1. The van der Waals surface area contributed by atoms with Crippen molar-refractivity contribution in [1.29, 1.82) is 0 Å². The number of sulfonamides is 1. The molecule has 2 aromatic carbocycles. The Balaban J connectivity index is 2.07. The second-order valence-corrected chi connectivity index (χ2v) is 7.59. The van der Waals surface area contributed by atoms with E-state index in [0.717, 1.165) is 5.56 Å². The highest BCUT2D eigenvalue weighted by atomic mass is 35.5. The molecule has 0 radical (unpaired) electrons. The minimum atomic E-state index is -3.83. The van der Waals surface area contributed by atoms with Crippen LogP contribution in [0.1, 0.15) is 12.5 Å². The van der Waals surface area contributed by atoms with E-state index in [2.05, 4.69) is 10.0 Å². The Bertz CT molecular complexity index is 867. The summed E-state index contributed by atoms with van der Waals surface area (Å²) in [6.45, 7) is 3.31. The number of ether oxygens (including phenoxy) is 1. The van der Waals surface area contributed by atoms with Crippen LogP contribution in [0.25, 0.3) is 0 Å². The molecule has 1 atom stereocenters. The molecule has 2 rings (SSSR count). The first-order valence-corrected chi connectivity index (χ1v) is 9.32. The van der Waals surface area contributed by atoms with E-state index in [0.29, 0.717) is 16.5 Å². The summed E-state index contributed by atoms with van der Waals surface area (Å²) in [5.74, 6) is 0.0537. The Kier molecular flexibility index (Phi) is 6.05. The normalized spacial score (nSPS) is 12.5. The lowest BCUT2D eigenvalue weighted by molar-refractivity contribution is -0.117. The number of carbonyl (C=O) groups is 1. The number of halogens is 1. The molecule has 8 heteroatoms. The summed E-state index contributed by atoms with van der Waals surface area (Å²) >= 11 is 6.02. The number of hydrogen-bond donors (Lipinski definition) is 2. The molecule has 0 aliphatic heterocycles. The van der Waals surface area contributed by atoms with Crippen molar-refractivity contribution in [1.82, 2.24) is 4.72 Å². The standard InChI is InChI=1S/C17H19ClN2O4S/c1-11-4-5-13(10-16(11)18)19-17(21)12(2)20-25(22,23)15-8-6-14(24-3)7-9-15/h4-10,12,20H,1-3H3,(H,19,21)/t12-/m0/s1. The fraction of sp³-hybridized carbons (Fsp3) is 0.235. The van der Waals surface area contributed by atoms with Gasteiger partial charge >= 0.3 is 0 Å². The molecule has 6 nitrogen and oxygen atoms in total. The number of rotatable bonds is 6. The molecule has 134 valence electrons. The first-order chi connectivity index (χ1) is 11.7. The van der Waals surface area contributed by atoms with Crippen molar-refractivity contribution in [3.8, 4) is 5.75 Å². The van der Waals surface area contributed by atoms with Crippen molar-refractivity contribution in [3.63, 3.8) is 0 Å². The van der Waals surface area contributed by atoms with Crippen molar-refractivity contribution in [2.75, 3.05) is 12.4 Å². The SMILES string of the molecule is COc1ccc(S(=O)(=O)N[C@@H](C)C(=O)Nc2ccc(C)c(Cl)c2)cc1. The Morgan fingerprint density at radius 3 is 2.36 bits per heavy atom. The molecule has 2 N–H and O–H groups in total. The smallest absolute Gasteiger partial charge is 0.242 e. The Labute approximate surface area is 152 Å². The largest absolute Gasteiger partial charge is 0.497 e. The van der Waals surface area contributed by atoms with Gasteiger partial charge in [-0.3, -0.25) is 4.79 Å². The summed E-state index contributed by atoms with van der Waals surface area (Å²) < 4.78 is 32.0. The van der Waals surface area contributed by atoms with Crippen LogP contribution in [0.4, 0.5) is 5.69 Å². The van der Waals surface area contributed by atoms with Gasteiger partial charge in [0.05, 0.1) is 18.0 Å². The molecule has 0 saturated heterocycles. The van der Waals surface area contributed by atoms with Crippen LogP contribution in [0.3, 0.4) is 0 Å². The first kappa shape index (κ1) is 19.2. The van der Waals surface area contributed by atoms with Crippen LogP contribution in [0.5, 0.6) is 5.75 Å². The highest BCUT2D eigenvalue weighted by molar-refractivity contribution is 7.89. The van der Waals surface area contributed by atoms with Crippen molar-refractivity contribution in [3.05, 3.63) is 53.1 Å². The summed E-state index contributed by atoms with van der Waals surface area (Å²) in [6.07, 6.45) is 0. The Morgan fingerprint density at radius 2 is 1.80 bits per heavy atom. The quantitative estimate of drug-likeness (QED) is 0.804. The molecular formula is C17H19ClN2O4S. The second kappa shape index (κ2) is 7.86. The summed E-state index contributed by atoms with van der Waals surface area (Å²) in [4.78, 5) is 12.3. The van der Waals surface area contributed by atoms with E-state index >= 15 is 0 Å². The molecule has 2 aromatic rings. The zero-order valence-corrected chi connectivity index (χ0v) is 15.6. The van der Waals surface area contributed by atoms with Gasteiger partial charge in [-0.25, -0.2) is 8.42 Å². The molecule has 0 heterocycles. The lowest BCUT2D eigenvalue weighted by atomic mass is 10.2. The second-order valence-electron chi connectivity index (χ2n) is 5.47. The molecule has 0 spiro atoms. The van der Waals surface area contributed by atoms with Gasteiger partial charge in [-0.1, -0.05) is 17.7 Å². The molecule has 25 heavy (non-hydrogen) atoms. The van der Waals surface area contributed by atoms with Crippen LogP contribution >= 0.6 is 11.6 Å². The average molecular weight is 383 g/mol. The lowest BCUT2D eigenvalue weighted by Crippen LogP contribution is -2.41. The number of anilines is 1. The van der Waals surface area contributed by atoms with Gasteiger partial charge in [0.2, 0.25) is 15.9 Å². The minimum absolute atomic E-state index is 0.0475. The van der Waals surface area contributed by atoms with Crippen molar-refractivity contribution in [2.45, 2.75) is 24.8 Å². The molecule has 0 saturated carbocycles. The first-order valence-electron chi connectivity index (χ1n) is 7.46. The van der Waals surface area contributed by atoms with E-state index in [1.807, 2.05) is 6.92 Å². The van der Waals surface area contributed by atoms with Crippen molar-refractivity contribution in [2.24, 2.45) is 0 Å². The van der Waals surface area contributed by atoms with Crippen LogP contribution in [0, 0.1) is 6.92 Å². The molecule has 0 aliphatic rings. The number of methoxy groups -OCH3 is 1. The monoisotopic (exact) mass is 382 g/mol. The molecule has 0 unspecified atom stereocenters. The fourth-order valence-corrected chi connectivity index (χ4v) is 3.41. The maximum Gasteiger partial charge on any atom is 0.242 e. The summed E-state index contributed by atoms with van der Waals surface area (Å²) in [6, 6.07) is 10.00. The number of aryl methyl sites for hydroxylation is 1. The van der Waals surface area contributed by atoms with Gasteiger partial charge in [-0.05, 0) is 55.8 Å². The van der Waals surface area contributed by atoms with E-state index in [4.69, 9.17) is 16.3 Å². The topological polar surface area (TPSA) is 84.5 Å². The predicted octanol–water partition coefficient (Wildman–Crippen LogP) is 2.96. The zero-order chi connectivity index (χ0) is 18.6. The fourth-order valence-electron chi connectivity index (χ4n) is 2.03. The maximum absolute atomic E-state index is 12.3. The third-order valence-corrected chi connectivity index (χ3v) is 5.50. The molecule has 0 bridgehead atoms. The molecule has 1 amide bonds. The van der Waals surface area contributed by atoms with Crippen LogP contribution in [-0.4, -0.2) is 27.5 Å². The van der Waals surface area contributed by atoms with Crippen LogP contribution in [0.15, 0.2) is 47.4 Å². The average Bonchev–Trinajstić information content (AvgIpc) is 2.57. The summed E-state index contributed by atoms with van der Waals surface area (Å²) in [7, 11) is -2.34. The van der Waals surface area contributed by atoms with Crippen LogP contribution in [-0.2, 0) is 14.8 Å². The highest BCUT2D eigenvalue weighted by Gasteiger charge is 2.22. The van der Waals surface area contributed by atoms with E-state index in [1.165, 1.54) is 38.3 Å². The Hall–Kier alpha value is -2.09. The van der Waals surface area contributed by atoms with Crippen LogP contribution < -0.4 is 14.8 Å². The molecule has 0 aliphatic carbocycles. The molecule has 0 fully saturated rings. The highest BCUT2D eigenvalue weighted by Crippen LogP contribution is 2.20. The van der Waals surface area contributed by atoms with Crippen molar-refractivity contribution >= 4 is 33.2 Å². The lowest BCUT2D eigenvalue weighted by Gasteiger charge is -2.15. The molecule has 0 aromatic heterocycles. The van der Waals surface area contributed by atoms with Gasteiger partial charge < -0.3 is 10.1 Å². The van der Waals surface area contributed by atoms with E-state index < -0.39 is 22.0 Å². The van der Waals surface area contributed by atoms with E-state index in [9.17, 15) is 13.2 Å². The van der Waals surface area contributed by atoms with Gasteiger partial charge in [0.25, 0.3) is 0 Å². The van der Waals surface area contributed by atoms with Gasteiger partial charge in [0.1, 0.15) is 5.75 Å². The van der Waals surface area contributed by atoms with Gasteiger partial charge in [0, 0.05) is 10.7 Å². The molecular weight excluding hydrogens is 364 g/mol. The minimum Gasteiger partial charge on any atom is -0.497 e. The number of benzene rings is 2. The van der Waals surface area contributed by atoms with E-state index in [-0.39, 0.29) is 4.90 Å². The summed E-state index contributed by atoms with van der Waals surface area (Å²) in [5, 5.41) is 3.15. The van der Waals surface area contributed by atoms with Crippen molar-refractivity contribution < 1.29 is 17.9 Å². The number of amides is 1. The number of nitrogens with one attached hydrogen (secondary N) is 2. The zero-order valence-electron chi connectivity index (χ0n) is 14.0. The van der Waals surface area contributed by atoms with Gasteiger partial charge in [-0.15, -0.1) is 0 Å². The predicted molar refractivity (Wildman–Crippen MR) is 97.6 cm³/mol. The maximum atomic E-state index is 12.3. The number of hydrogen-bond acceptors (Lipinski definition) is 4. The van der Waals surface area contributed by atoms with Crippen LogP contribution in [0.2, 0.25) is 5.02 Å². The third kappa shape index (κ3) is 4.94. The van der Waals surface area contributed by atoms with Gasteiger partial charge in [0.15, 0.2) is 0 Å². The Morgan fingerprint density at radius 1 is 1.16 bits per heavy atom. The third-order valence-electron chi connectivity index (χ3n) is 3.53. The van der Waals surface area contributed by atoms with E-state index in [1.54, 1.807) is 18.2 Å². The summed E-state index contributed by atoms with van der Waals surface area (Å²) in [5.41, 5.74) is 1.38. The van der Waals surface area contributed by atoms with Gasteiger partial charge in [-0.2, -0.15) is 4.72 Å².